The zero-order valence-electron chi connectivity index (χ0n) is 13.2. The van der Waals surface area contributed by atoms with Gasteiger partial charge in [0.25, 0.3) is 0 Å². The van der Waals surface area contributed by atoms with Crippen LogP contribution in [0.15, 0.2) is 24.3 Å². The summed E-state index contributed by atoms with van der Waals surface area (Å²) in [6.45, 7) is 4.99. The average molecular weight is 290 g/mol. The fourth-order valence-corrected chi connectivity index (χ4v) is 3.05. The highest BCUT2D eigenvalue weighted by Gasteiger charge is 2.32. The Morgan fingerprint density at radius 2 is 2.24 bits per heavy atom. The van der Waals surface area contributed by atoms with Gasteiger partial charge in [0.15, 0.2) is 0 Å². The molecule has 1 saturated heterocycles. The lowest BCUT2D eigenvalue weighted by Gasteiger charge is -2.28. The molecule has 1 aliphatic rings. The van der Waals surface area contributed by atoms with Gasteiger partial charge >= 0.3 is 0 Å². The van der Waals surface area contributed by atoms with Crippen LogP contribution in [0, 0.1) is 5.92 Å². The van der Waals surface area contributed by atoms with Crippen LogP contribution in [-0.4, -0.2) is 30.5 Å². The Balaban J connectivity index is 2.14. The van der Waals surface area contributed by atoms with Gasteiger partial charge < -0.3 is 15.4 Å². The van der Waals surface area contributed by atoms with Crippen LogP contribution in [0.5, 0.6) is 5.75 Å². The van der Waals surface area contributed by atoms with Crippen LogP contribution in [0.4, 0.5) is 0 Å². The summed E-state index contributed by atoms with van der Waals surface area (Å²) < 4.78 is 5.28. The zero-order chi connectivity index (χ0) is 15.4. The molecule has 1 fully saturated rings. The molecule has 1 aromatic carbocycles. The molecule has 1 heterocycles. The van der Waals surface area contributed by atoms with Gasteiger partial charge in [-0.05, 0) is 42.9 Å². The number of carbonyl (C=O) groups is 1. The van der Waals surface area contributed by atoms with Crippen LogP contribution < -0.4 is 10.5 Å². The predicted molar refractivity (Wildman–Crippen MR) is 84.1 cm³/mol. The van der Waals surface area contributed by atoms with E-state index in [-0.39, 0.29) is 11.9 Å². The quantitative estimate of drug-likeness (QED) is 0.907. The van der Waals surface area contributed by atoms with Crippen LogP contribution in [0.25, 0.3) is 0 Å². The van der Waals surface area contributed by atoms with E-state index in [1.807, 2.05) is 23.1 Å². The molecule has 0 aromatic heterocycles. The maximum atomic E-state index is 12.6. The van der Waals surface area contributed by atoms with Crippen molar-refractivity contribution >= 4 is 5.91 Å². The Labute approximate surface area is 127 Å². The van der Waals surface area contributed by atoms with E-state index in [2.05, 4.69) is 19.9 Å². The molecule has 2 unspecified atom stereocenters. The molecule has 0 radical (unpaired) electrons. The van der Waals surface area contributed by atoms with Crippen molar-refractivity contribution in [2.45, 2.75) is 45.2 Å². The first-order valence-electron chi connectivity index (χ1n) is 7.73. The number of rotatable bonds is 5. The second-order valence-electron chi connectivity index (χ2n) is 6.20. The van der Waals surface area contributed by atoms with Gasteiger partial charge in [0.1, 0.15) is 5.75 Å². The van der Waals surface area contributed by atoms with Crippen molar-refractivity contribution in [3.05, 3.63) is 29.8 Å². The largest absolute Gasteiger partial charge is 0.497 e. The maximum absolute atomic E-state index is 12.6. The summed E-state index contributed by atoms with van der Waals surface area (Å²) in [5.74, 6) is 1.34. The minimum absolute atomic E-state index is 0.0778. The standard InChI is InChI=1S/C17H26N2O2/c1-12(2)10-15(18)17(20)19-9-5-8-16(19)13-6-4-7-14(11-13)21-3/h4,6-7,11-12,15-16H,5,8-10,18H2,1-3H3. The molecule has 116 valence electrons. The number of hydrogen-bond acceptors (Lipinski definition) is 3. The molecular weight excluding hydrogens is 264 g/mol. The van der Waals surface area contributed by atoms with Gasteiger partial charge in [-0.2, -0.15) is 0 Å². The Morgan fingerprint density at radius 1 is 1.48 bits per heavy atom. The number of nitrogens with two attached hydrogens (primary N) is 1. The van der Waals surface area contributed by atoms with Crippen molar-refractivity contribution in [3.8, 4) is 5.75 Å². The van der Waals surface area contributed by atoms with E-state index in [9.17, 15) is 4.79 Å². The van der Waals surface area contributed by atoms with Crippen LogP contribution >= 0.6 is 0 Å². The fourth-order valence-electron chi connectivity index (χ4n) is 3.05. The second kappa shape index (κ2) is 6.94. The second-order valence-corrected chi connectivity index (χ2v) is 6.20. The van der Waals surface area contributed by atoms with Crippen molar-refractivity contribution in [1.82, 2.24) is 4.90 Å². The summed E-state index contributed by atoms with van der Waals surface area (Å²) in [5.41, 5.74) is 7.21. The van der Waals surface area contributed by atoms with Crippen LogP contribution in [0.3, 0.4) is 0 Å². The van der Waals surface area contributed by atoms with Crippen molar-refractivity contribution in [2.75, 3.05) is 13.7 Å². The van der Waals surface area contributed by atoms with E-state index in [1.54, 1.807) is 7.11 Å². The first-order valence-corrected chi connectivity index (χ1v) is 7.73. The van der Waals surface area contributed by atoms with Gasteiger partial charge in [-0.15, -0.1) is 0 Å². The molecule has 0 saturated carbocycles. The third kappa shape index (κ3) is 3.76. The molecule has 0 bridgehead atoms. The van der Waals surface area contributed by atoms with Gasteiger partial charge in [0, 0.05) is 6.54 Å². The summed E-state index contributed by atoms with van der Waals surface area (Å²) in [5, 5.41) is 0. The van der Waals surface area contributed by atoms with Crippen molar-refractivity contribution in [1.29, 1.82) is 0 Å². The highest BCUT2D eigenvalue weighted by Crippen LogP contribution is 2.34. The molecule has 0 spiro atoms. The summed E-state index contributed by atoms with van der Waals surface area (Å²) in [6.07, 6.45) is 2.76. The van der Waals surface area contributed by atoms with E-state index >= 15 is 0 Å². The lowest BCUT2D eigenvalue weighted by Crippen LogP contribution is -2.44. The number of nitrogens with zero attached hydrogens (tertiary/aromatic N) is 1. The molecule has 2 rings (SSSR count). The first kappa shape index (κ1) is 15.8. The number of carbonyl (C=O) groups excluding carboxylic acids is 1. The van der Waals surface area contributed by atoms with Gasteiger partial charge in [0.2, 0.25) is 5.91 Å². The van der Waals surface area contributed by atoms with Gasteiger partial charge in [-0.25, -0.2) is 0 Å². The summed E-state index contributed by atoms with van der Waals surface area (Å²) in [6, 6.07) is 7.72. The first-order chi connectivity index (χ1) is 10.0. The third-order valence-corrected chi connectivity index (χ3v) is 4.06. The highest BCUT2D eigenvalue weighted by atomic mass is 16.5. The van der Waals surface area contributed by atoms with E-state index < -0.39 is 6.04 Å². The molecular formula is C17H26N2O2. The lowest BCUT2D eigenvalue weighted by atomic mass is 10.0. The molecule has 1 aromatic rings. The summed E-state index contributed by atoms with van der Waals surface area (Å²) in [7, 11) is 1.66. The molecule has 1 amide bonds. The van der Waals surface area contributed by atoms with Gasteiger partial charge in [0.05, 0.1) is 19.2 Å². The number of ether oxygens (including phenoxy) is 1. The van der Waals surface area contributed by atoms with Crippen LogP contribution in [0.2, 0.25) is 0 Å². The highest BCUT2D eigenvalue weighted by molar-refractivity contribution is 5.82. The van der Waals surface area contributed by atoms with Crippen molar-refractivity contribution in [3.63, 3.8) is 0 Å². The molecule has 0 aliphatic carbocycles. The summed E-state index contributed by atoms with van der Waals surface area (Å²) >= 11 is 0. The Morgan fingerprint density at radius 3 is 2.90 bits per heavy atom. The smallest absolute Gasteiger partial charge is 0.240 e. The minimum Gasteiger partial charge on any atom is -0.497 e. The normalized spacial score (nSPS) is 19.9. The number of likely N-dealkylation sites (tertiary alicyclic amines) is 1. The fraction of sp³-hybridized carbons (Fsp3) is 0.588. The molecule has 1 aliphatic heterocycles. The van der Waals surface area contributed by atoms with E-state index in [0.29, 0.717) is 5.92 Å². The van der Waals surface area contributed by atoms with E-state index in [4.69, 9.17) is 10.5 Å². The zero-order valence-corrected chi connectivity index (χ0v) is 13.2. The number of amides is 1. The van der Waals surface area contributed by atoms with Gasteiger partial charge in [-0.3, -0.25) is 4.79 Å². The number of benzene rings is 1. The number of hydrogen-bond donors (Lipinski definition) is 1. The molecule has 21 heavy (non-hydrogen) atoms. The Kier molecular flexibility index (Phi) is 5.23. The Hall–Kier alpha value is -1.55. The molecule has 2 atom stereocenters. The number of methoxy groups -OCH3 is 1. The van der Waals surface area contributed by atoms with Crippen LogP contribution in [-0.2, 0) is 4.79 Å². The third-order valence-electron chi connectivity index (χ3n) is 4.06. The molecule has 4 nitrogen and oxygen atoms in total. The maximum Gasteiger partial charge on any atom is 0.240 e. The predicted octanol–water partition coefficient (Wildman–Crippen LogP) is 2.73. The minimum atomic E-state index is -0.392. The lowest BCUT2D eigenvalue weighted by molar-refractivity contribution is -0.133. The van der Waals surface area contributed by atoms with E-state index in [1.165, 1.54) is 0 Å². The van der Waals surface area contributed by atoms with Crippen LogP contribution in [0.1, 0.15) is 44.7 Å². The molecule has 2 N–H and O–H groups in total. The SMILES string of the molecule is COc1cccc(C2CCCN2C(=O)C(N)CC(C)C)c1. The van der Waals surface area contributed by atoms with Crippen molar-refractivity contribution in [2.24, 2.45) is 11.7 Å². The average Bonchev–Trinajstić information content (AvgIpc) is 2.95. The molecule has 4 heteroatoms. The monoisotopic (exact) mass is 290 g/mol. The van der Waals surface area contributed by atoms with Crippen molar-refractivity contribution < 1.29 is 9.53 Å². The Bertz CT molecular complexity index is 487. The summed E-state index contributed by atoms with van der Waals surface area (Å²) in [4.78, 5) is 14.5. The van der Waals surface area contributed by atoms with E-state index in [0.717, 1.165) is 37.1 Å². The van der Waals surface area contributed by atoms with Gasteiger partial charge in [-0.1, -0.05) is 26.0 Å². The topological polar surface area (TPSA) is 55.6 Å².